The van der Waals surface area contributed by atoms with Crippen molar-refractivity contribution in [1.82, 2.24) is 0 Å². The molecule has 2 aromatic heterocycles. The van der Waals surface area contributed by atoms with Gasteiger partial charge in [-0.05, 0) is 236 Å². The fraction of sp³-hybridized carbons (Fsp3) is 0.0551. The van der Waals surface area contributed by atoms with Gasteiger partial charge in [0.2, 0.25) is 0 Å². The van der Waals surface area contributed by atoms with Gasteiger partial charge in [-0.25, -0.2) is 0 Å². The Balaban J connectivity index is 0.000000141. The summed E-state index contributed by atoms with van der Waals surface area (Å²) >= 11 is 3.74. The molecule has 0 saturated heterocycles. The van der Waals surface area contributed by atoms with Crippen molar-refractivity contribution >= 4 is 97.1 Å². The predicted octanol–water partition coefficient (Wildman–Crippen LogP) is 33.1. The Morgan fingerprint density at radius 3 is 0.947 bits per heavy atom. The molecule has 27 rings (SSSR count). The number of benzene rings is 20. The van der Waals surface area contributed by atoms with Gasteiger partial charge in [-0.15, -0.1) is 22.7 Å². The van der Waals surface area contributed by atoms with E-state index >= 15 is 0 Å². The van der Waals surface area contributed by atoms with Gasteiger partial charge in [0.05, 0.1) is 27.3 Å². The SMILES string of the molecule is CC1(C)c2ccccc2-c2ccc(N(c3ccc(-c4ccc5c(c4)sc4ccccc45)cc3)c3ccc4c(c3)C3(c5ccccc5-4)c4ccccc4C(c4ccccc4)(c4ccccc4)c4ccccc43)cc21.c1ccc(N(c2ccc3c(c2)C2(c4ccccc4-3)c3ccccc3C(c3ccccc3)(c3ccccc3)c3ccccc32)c2cccc3sc4ccccc4c23)cc1. The van der Waals surface area contributed by atoms with Crippen LogP contribution in [-0.2, 0) is 27.1 Å². The van der Waals surface area contributed by atoms with Crippen molar-refractivity contribution in [2.75, 3.05) is 9.80 Å². The Bertz CT molecular complexity index is 8150. The number of para-hydroxylation sites is 1. The summed E-state index contributed by atoms with van der Waals surface area (Å²) in [5.41, 5.74) is 38.1. The summed E-state index contributed by atoms with van der Waals surface area (Å²) in [6.07, 6.45) is 0. The van der Waals surface area contributed by atoms with Crippen molar-refractivity contribution in [3.63, 3.8) is 0 Å². The molecule has 0 unspecified atom stereocenters. The third-order valence-electron chi connectivity index (χ3n) is 29.6. The lowest BCUT2D eigenvalue weighted by Gasteiger charge is -2.50. The summed E-state index contributed by atoms with van der Waals surface area (Å²) in [5.74, 6) is 0. The molecule has 0 aliphatic heterocycles. The normalized spacial score (nSPS) is 14.5. The summed E-state index contributed by atoms with van der Waals surface area (Å²) in [5, 5.41) is 5.22. The molecule has 5 aliphatic carbocycles. The van der Waals surface area contributed by atoms with Crippen molar-refractivity contribution < 1.29 is 0 Å². The van der Waals surface area contributed by atoms with Gasteiger partial charge in [0.15, 0.2) is 0 Å². The summed E-state index contributed by atoms with van der Waals surface area (Å²) in [4.78, 5) is 4.99. The van der Waals surface area contributed by atoms with Gasteiger partial charge < -0.3 is 9.80 Å². The van der Waals surface area contributed by atoms with E-state index in [1.165, 1.54) is 191 Å². The van der Waals surface area contributed by atoms with E-state index in [1.54, 1.807) is 0 Å². The van der Waals surface area contributed by atoms with Gasteiger partial charge in [0.25, 0.3) is 0 Å². The Hall–Kier alpha value is -15.6. The van der Waals surface area contributed by atoms with Crippen molar-refractivity contribution in [3.8, 4) is 44.5 Å². The lowest BCUT2D eigenvalue weighted by molar-refractivity contribution is 0.623. The first-order valence-corrected chi connectivity index (χ1v) is 47.3. The fourth-order valence-corrected chi connectivity index (χ4v) is 26.6. The summed E-state index contributed by atoms with van der Waals surface area (Å²) in [6.45, 7) is 4.76. The van der Waals surface area contributed by atoms with Gasteiger partial charge in [-0.3, -0.25) is 0 Å². The van der Waals surface area contributed by atoms with Crippen LogP contribution in [0.5, 0.6) is 0 Å². The second-order valence-electron chi connectivity index (χ2n) is 36.2. The topological polar surface area (TPSA) is 6.48 Å². The minimum atomic E-state index is -0.621. The molecule has 0 bridgehead atoms. The molecule has 22 aromatic rings. The number of rotatable bonds is 11. The zero-order valence-electron chi connectivity index (χ0n) is 72.4. The second-order valence-corrected chi connectivity index (χ2v) is 38.4. The maximum atomic E-state index is 2.54. The molecule has 2 heterocycles. The molecule has 4 heteroatoms. The van der Waals surface area contributed by atoms with Crippen LogP contribution in [0.3, 0.4) is 0 Å². The van der Waals surface area contributed by atoms with Crippen LogP contribution in [-0.4, -0.2) is 0 Å². The van der Waals surface area contributed by atoms with Crippen LogP contribution in [0, 0.1) is 0 Å². The first kappa shape index (κ1) is 76.7. The minimum absolute atomic E-state index is 0.161. The van der Waals surface area contributed by atoms with E-state index in [0.29, 0.717) is 0 Å². The highest BCUT2D eigenvalue weighted by atomic mass is 32.1. The van der Waals surface area contributed by atoms with Crippen LogP contribution in [0.4, 0.5) is 34.1 Å². The van der Waals surface area contributed by atoms with Crippen LogP contribution in [0.15, 0.2) is 485 Å². The standard InChI is InChI=1S/C71H49NS.C56H37NS/c1-69(2)59-26-12-9-23-53(59)55-41-38-51(44-65(55)69)72(50-36-33-46(34-37-50)47-35-40-58-57-25-11-18-32-67(57)73-68(58)43-47)52-39-42-56-54-24-10-13-27-60(54)71(66(56)45-52)63-30-16-14-28-61(63)70(48-19-5-3-6-20-48,49-21-7-4-8-22-49)62-29-15-17-31-64(62)71;1-4-19-38(20-5-1)55(39-21-6-2-7-22-39)46-28-13-15-30-48(46)56(49-31-16-14-29-47(49)55)45-27-12-10-25-42(45)43-36-35-41(37-50(43)56)57(40-23-8-3-9-24-40)51-32-18-34-53-54(51)44-26-11-17-33-52(44)58-53/h3-45H,1-2H3;1-37H. The molecule has 0 N–H and O–H groups in total. The molecular weight excluding hydrogens is 1620 g/mol. The smallest absolute Gasteiger partial charge is 0.0720 e. The molecule has 616 valence electrons. The quantitative estimate of drug-likeness (QED) is 0.127. The van der Waals surface area contributed by atoms with Crippen molar-refractivity contribution in [3.05, 3.63) is 585 Å². The molecule has 5 aliphatic rings. The van der Waals surface area contributed by atoms with Crippen LogP contribution >= 0.6 is 22.7 Å². The van der Waals surface area contributed by atoms with Crippen LogP contribution in [0.2, 0.25) is 0 Å². The van der Waals surface area contributed by atoms with E-state index in [4.69, 9.17) is 0 Å². The van der Waals surface area contributed by atoms with Crippen LogP contribution in [0.1, 0.15) is 114 Å². The Morgan fingerprint density at radius 1 is 0.176 bits per heavy atom. The lowest BCUT2D eigenvalue weighted by Crippen LogP contribution is -2.44. The first-order chi connectivity index (χ1) is 64.7. The molecular formula is C127H86N2S2. The molecule has 0 amide bonds. The van der Waals surface area contributed by atoms with Gasteiger partial charge in [-0.2, -0.15) is 0 Å². The molecule has 0 saturated carbocycles. The lowest BCUT2D eigenvalue weighted by atomic mass is 9.51. The third kappa shape index (κ3) is 11.0. The average Bonchev–Trinajstić information content (AvgIpc) is 1.60. The maximum Gasteiger partial charge on any atom is 0.0720 e. The monoisotopic (exact) mass is 1700 g/mol. The van der Waals surface area contributed by atoms with E-state index < -0.39 is 21.7 Å². The van der Waals surface area contributed by atoms with Gasteiger partial charge in [-0.1, -0.05) is 408 Å². The fourth-order valence-electron chi connectivity index (χ4n) is 24.4. The predicted molar refractivity (Wildman–Crippen MR) is 549 cm³/mol. The van der Waals surface area contributed by atoms with Crippen LogP contribution in [0.25, 0.3) is 84.9 Å². The van der Waals surface area contributed by atoms with Gasteiger partial charge in [0.1, 0.15) is 0 Å². The first-order valence-electron chi connectivity index (χ1n) is 45.7. The number of nitrogens with zero attached hydrogens (tertiary/aromatic N) is 2. The molecule has 131 heavy (non-hydrogen) atoms. The van der Waals surface area contributed by atoms with Gasteiger partial charge >= 0.3 is 0 Å². The minimum Gasteiger partial charge on any atom is -0.310 e. The molecule has 0 fully saturated rings. The highest BCUT2D eigenvalue weighted by molar-refractivity contribution is 7.26. The average molecular weight is 1700 g/mol. The number of anilines is 6. The molecule has 0 atom stereocenters. The van der Waals surface area contributed by atoms with Crippen molar-refractivity contribution in [2.24, 2.45) is 0 Å². The van der Waals surface area contributed by atoms with E-state index in [0.717, 1.165) is 28.4 Å². The summed E-state index contributed by atoms with van der Waals surface area (Å²) in [7, 11) is 0. The van der Waals surface area contributed by atoms with E-state index in [-0.39, 0.29) is 5.41 Å². The molecule has 2 nitrogen and oxygen atoms in total. The Labute approximate surface area is 771 Å². The molecule has 20 aromatic carbocycles. The van der Waals surface area contributed by atoms with E-state index in [9.17, 15) is 0 Å². The number of hydrogen-bond donors (Lipinski definition) is 0. The Kier molecular flexibility index (Phi) is 17.4. The molecule has 0 radical (unpaired) electrons. The van der Waals surface area contributed by atoms with Crippen molar-refractivity contribution in [1.29, 1.82) is 0 Å². The van der Waals surface area contributed by atoms with E-state index in [2.05, 4.69) is 509 Å². The number of hydrogen-bond acceptors (Lipinski definition) is 4. The zero-order chi connectivity index (χ0) is 86.7. The number of thiophene rings is 2. The third-order valence-corrected chi connectivity index (χ3v) is 31.9. The van der Waals surface area contributed by atoms with Crippen LogP contribution < -0.4 is 9.80 Å². The largest absolute Gasteiger partial charge is 0.310 e. The highest BCUT2D eigenvalue weighted by Crippen LogP contribution is 2.68. The summed E-state index contributed by atoms with van der Waals surface area (Å²) in [6, 6.07) is 183. The van der Waals surface area contributed by atoms with Crippen molar-refractivity contribution in [2.45, 2.75) is 40.9 Å². The maximum absolute atomic E-state index is 2.54. The highest BCUT2D eigenvalue weighted by Gasteiger charge is 2.59. The second kappa shape index (κ2) is 29.8. The molecule has 2 spiro atoms. The van der Waals surface area contributed by atoms with Gasteiger partial charge in [0, 0.05) is 74.2 Å². The van der Waals surface area contributed by atoms with E-state index in [1.807, 2.05) is 22.7 Å². The Morgan fingerprint density at radius 2 is 0.481 bits per heavy atom. The summed E-state index contributed by atoms with van der Waals surface area (Å²) < 4.78 is 5.23. The zero-order valence-corrected chi connectivity index (χ0v) is 74.0. The number of fused-ring (bicyclic) bond motifs is 27.